The van der Waals surface area contributed by atoms with E-state index in [-0.39, 0.29) is 12.0 Å². The third kappa shape index (κ3) is 1.53. The van der Waals surface area contributed by atoms with Crippen LogP contribution in [0.15, 0.2) is 24.3 Å². The number of ether oxygens (including phenoxy) is 2. The minimum atomic E-state index is -0.392. The van der Waals surface area contributed by atoms with Gasteiger partial charge in [0.25, 0.3) is 0 Å². The van der Waals surface area contributed by atoms with Crippen molar-refractivity contribution in [3.8, 4) is 11.5 Å². The molecule has 3 rings (SSSR count). The highest BCUT2D eigenvalue weighted by atomic mass is 16.5. The standard InChI is InChI=1S/C14H16O3/c1-8-3-6-11(16-2)14-13(8)10-5-4-9(15)7-12(10)17-14/h3-6,9-10,12,15H,7H2,1-2H3/t9?,10?,12-/m1/s1. The van der Waals surface area contributed by atoms with E-state index in [1.807, 2.05) is 12.1 Å². The Morgan fingerprint density at radius 2 is 2.18 bits per heavy atom. The van der Waals surface area contributed by atoms with E-state index < -0.39 is 6.10 Å². The summed E-state index contributed by atoms with van der Waals surface area (Å²) < 4.78 is 11.3. The topological polar surface area (TPSA) is 38.7 Å². The number of methoxy groups -OCH3 is 1. The summed E-state index contributed by atoms with van der Waals surface area (Å²) >= 11 is 0. The SMILES string of the molecule is COc1ccc(C)c2c1O[C@@H]1CC(O)C=CC21. The second-order valence-corrected chi connectivity index (χ2v) is 4.70. The molecule has 1 N–H and O–H groups in total. The summed E-state index contributed by atoms with van der Waals surface area (Å²) in [6.07, 6.45) is 4.21. The molecule has 17 heavy (non-hydrogen) atoms. The zero-order chi connectivity index (χ0) is 12.0. The molecule has 1 heterocycles. The Morgan fingerprint density at radius 3 is 2.94 bits per heavy atom. The van der Waals surface area contributed by atoms with Gasteiger partial charge in [-0.15, -0.1) is 0 Å². The Kier molecular flexibility index (Phi) is 2.37. The molecule has 1 aliphatic carbocycles. The molecule has 3 heteroatoms. The molecule has 2 aliphatic rings. The average molecular weight is 232 g/mol. The summed E-state index contributed by atoms with van der Waals surface area (Å²) in [7, 11) is 1.65. The van der Waals surface area contributed by atoms with Crippen LogP contribution in [0.5, 0.6) is 11.5 Å². The van der Waals surface area contributed by atoms with Gasteiger partial charge in [0.1, 0.15) is 6.10 Å². The minimum Gasteiger partial charge on any atom is -0.493 e. The molecule has 3 atom stereocenters. The molecule has 1 aromatic carbocycles. The Bertz CT molecular complexity index is 479. The number of benzene rings is 1. The van der Waals surface area contributed by atoms with Gasteiger partial charge in [0.2, 0.25) is 0 Å². The number of hydrogen-bond acceptors (Lipinski definition) is 3. The van der Waals surface area contributed by atoms with E-state index in [0.29, 0.717) is 6.42 Å². The van der Waals surface area contributed by atoms with Crippen LogP contribution in [0.25, 0.3) is 0 Å². The van der Waals surface area contributed by atoms with Crippen molar-refractivity contribution < 1.29 is 14.6 Å². The lowest BCUT2D eigenvalue weighted by Gasteiger charge is -2.23. The summed E-state index contributed by atoms with van der Waals surface area (Å²) in [4.78, 5) is 0. The van der Waals surface area contributed by atoms with Gasteiger partial charge in [-0.2, -0.15) is 0 Å². The number of aliphatic hydroxyl groups excluding tert-OH is 1. The van der Waals surface area contributed by atoms with Gasteiger partial charge < -0.3 is 14.6 Å². The normalized spacial score (nSPS) is 29.5. The summed E-state index contributed by atoms with van der Waals surface area (Å²) in [5.74, 6) is 1.88. The molecule has 0 amide bonds. The molecule has 1 aromatic rings. The lowest BCUT2D eigenvalue weighted by Crippen LogP contribution is -2.27. The zero-order valence-corrected chi connectivity index (χ0v) is 10.0. The maximum absolute atomic E-state index is 9.63. The zero-order valence-electron chi connectivity index (χ0n) is 10.0. The summed E-state index contributed by atoms with van der Waals surface area (Å²) in [6.45, 7) is 2.09. The molecular formula is C14H16O3. The third-order valence-corrected chi connectivity index (χ3v) is 3.62. The first-order chi connectivity index (χ1) is 8.20. The maximum Gasteiger partial charge on any atom is 0.165 e. The molecule has 0 fully saturated rings. The van der Waals surface area contributed by atoms with Crippen molar-refractivity contribution in [2.75, 3.05) is 7.11 Å². The number of fused-ring (bicyclic) bond motifs is 3. The van der Waals surface area contributed by atoms with Gasteiger partial charge in [-0.3, -0.25) is 0 Å². The smallest absolute Gasteiger partial charge is 0.165 e. The van der Waals surface area contributed by atoms with Crippen molar-refractivity contribution in [2.45, 2.75) is 31.5 Å². The molecule has 0 saturated heterocycles. The highest BCUT2D eigenvalue weighted by Crippen LogP contribution is 2.48. The monoisotopic (exact) mass is 232 g/mol. The molecule has 3 nitrogen and oxygen atoms in total. The molecule has 0 aromatic heterocycles. The van der Waals surface area contributed by atoms with Gasteiger partial charge in [0, 0.05) is 17.9 Å². The van der Waals surface area contributed by atoms with Crippen LogP contribution >= 0.6 is 0 Å². The Labute approximate surface area is 101 Å². The minimum absolute atomic E-state index is 0.0417. The van der Waals surface area contributed by atoms with E-state index in [9.17, 15) is 5.11 Å². The van der Waals surface area contributed by atoms with Crippen molar-refractivity contribution in [3.05, 3.63) is 35.4 Å². The lowest BCUT2D eigenvalue weighted by molar-refractivity contribution is 0.117. The van der Waals surface area contributed by atoms with Crippen molar-refractivity contribution >= 4 is 0 Å². The Balaban J connectivity index is 2.10. The van der Waals surface area contributed by atoms with Gasteiger partial charge in [0.15, 0.2) is 11.5 Å². The van der Waals surface area contributed by atoms with Crippen LogP contribution in [0.2, 0.25) is 0 Å². The Hall–Kier alpha value is -1.48. The first kappa shape index (κ1) is 10.7. The van der Waals surface area contributed by atoms with Gasteiger partial charge in [-0.05, 0) is 18.6 Å². The molecule has 90 valence electrons. The second-order valence-electron chi connectivity index (χ2n) is 4.70. The van der Waals surface area contributed by atoms with Crippen molar-refractivity contribution in [1.29, 1.82) is 0 Å². The summed E-state index contributed by atoms with van der Waals surface area (Å²) in [5.41, 5.74) is 2.42. The highest BCUT2D eigenvalue weighted by molar-refractivity contribution is 5.56. The average Bonchev–Trinajstić information content (AvgIpc) is 2.68. The molecule has 0 saturated carbocycles. The number of aliphatic hydroxyl groups is 1. The number of hydrogen-bond donors (Lipinski definition) is 1. The second kappa shape index (κ2) is 3.77. The van der Waals surface area contributed by atoms with E-state index in [2.05, 4.69) is 19.1 Å². The van der Waals surface area contributed by atoms with Crippen LogP contribution in [0, 0.1) is 6.92 Å². The molecule has 2 unspecified atom stereocenters. The highest BCUT2D eigenvalue weighted by Gasteiger charge is 2.38. The van der Waals surface area contributed by atoms with Crippen LogP contribution in [-0.4, -0.2) is 24.4 Å². The van der Waals surface area contributed by atoms with Crippen LogP contribution < -0.4 is 9.47 Å². The van der Waals surface area contributed by atoms with Gasteiger partial charge in [-0.1, -0.05) is 18.2 Å². The molecule has 0 bridgehead atoms. The van der Waals surface area contributed by atoms with Crippen molar-refractivity contribution in [2.24, 2.45) is 0 Å². The van der Waals surface area contributed by atoms with Gasteiger partial charge in [-0.25, -0.2) is 0 Å². The predicted octanol–water partition coefficient (Wildman–Crippen LogP) is 2.17. The largest absolute Gasteiger partial charge is 0.493 e. The van der Waals surface area contributed by atoms with Crippen LogP contribution in [0.3, 0.4) is 0 Å². The van der Waals surface area contributed by atoms with Crippen molar-refractivity contribution in [1.82, 2.24) is 0 Å². The van der Waals surface area contributed by atoms with E-state index in [1.54, 1.807) is 7.11 Å². The van der Waals surface area contributed by atoms with E-state index in [4.69, 9.17) is 9.47 Å². The summed E-state index contributed by atoms with van der Waals surface area (Å²) in [6, 6.07) is 3.99. The third-order valence-electron chi connectivity index (χ3n) is 3.62. The first-order valence-electron chi connectivity index (χ1n) is 5.91. The number of aryl methyl sites for hydroxylation is 1. The quantitative estimate of drug-likeness (QED) is 0.754. The lowest BCUT2D eigenvalue weighted by atomic mass is 9.85. The molecule has 1 aliphatic heterocycles. The Morgan fingerprint density at radius 1 is 1.35 bits per heavy atom. The molecular weight excluding hydrogens is 216 g/mol. The predicted molar refractivity (Wildman–Crippen MR) is 64.7 cm³/mol. The van der Waals surface area contributed by atoms with E-state index in [1.165, 1.54) is 11.1 Å². The van der Waals surface area contributed by atoms with Gasteiger partial charge in [0.05, 0.1) is 13.2 Å². The summed E-state index contributed by atoms with van der Waals surface area (Å²) in [5, 5.41) is 9.63. The molecule has 0 radical (unpaired) electrons. The maximum atomic E-state index is 9.63. The fourth-order valence-corrected chi connectivity index (χ4v) is 2.76. The van der Waals surface area contributed by atoms with Gasteiger partial charge >= 0.3 is 0 Å². The van der Waals surface area contributed by atoms with Crippen molar-refractivity contribution in [3.63, 3.8) is 0 Å². The molecule has 0 spiro atoms. The van der Waals surface area contributed by atoms with E-state index >= 15 is 0 Å². The fourth-order valence-electron chi connectivity index (χ4n) is 2.76. The first-order valence-corrected chi connectivity index (χ1v) is 5.91. The van der Waals surface area contributed by atoms with E-state index in [0.717, 1.165) is 11.5 Å². The van der Waals surface area contributed by atoms with Crippen LogP contribution in [-0.2, 0) is 0 Å². The van der Waals surface area contributed by atoms with Crippen LogP contribution in [0.1, 0.15) is 23.5 Å². The fraction of sp³-hybridized carbons (Fsp3) is 0.429. The van der Waals surface area contributed by atoms with Crippen LogP contribution in [0.4, 0.5) is 0 Å². The number of rotatable bonds is 1.